The Kier molecular flexibility index (Phi) is 8.25. The van der Waals surface area contributed by atoms with Crippen LogP contribution in [0.15, 0.2) is 53.5 Å². The fourth-order valence-corrected chi connectivity index (χ4v) is 3.29. The van der Waals surface area contributed by atoms with Gasteiger partial charge in [-0.05, 0) is 43.7 Å². The van der Waals surface area contributed by atoms with Crippen molar-refractivity contribution in [3.05, 3.63) is 81.0 Å². The molecule has 0 atom stereocenters. The Hall–Kier alpha value is -3.43. The van der Waals surface area contributed by atoms with Crippen LogP contribution in [0.3, 0.4) is 0 Å². The third kappa shape index (κ3) is 6.33. The van der Waals surface area contributed by atoms with Crippen LogP contribution in [0.25, 0.3) is 0 Å². The van der Waals surface area contributed by atoms with Gasteiger partial charge < -0.3 is 24.6 Å². The van der Waals surface area contributed by atoms with Crippen molar-refractivity contribution in [2.24, 2.45) is 0 Å². The van der Waals surface area contributed by atoms with E-state index in [-0.39, 0.29) is 43.1 Å². The van der Waals surface area contributed by atoms with Crippen molar-refractivity contribution in [3.63, 3.8) is 0 Å². The zero-order valence-corrected chi connectivity index (χ0v) is 19.8. The van der Waals surface area contributed by atoms with E-state index >= 15 is 0 Å². The van der Waals surface area contributed by atoms with Crippen molar-refractivity contribution >= 4 is 29.1 Å². The Morgan fingerprint density at radius 1 is 1.26 bits per heavy atom. The first-order valence-electron chi connectivity index (χ1n) is 10.6. The van der Waals surface area contributed by atoms with Crippen LogP contribution < -0.4 is 15.6 Å². The minimum atomic E-state index is -0.745. The molecule has 180 valence electrons. The first kappa shape index (κ1) is 25.2. The number of hydrogen-bond acceptors (Lipinski definition) is 6. The van der Waals surface area contributed by atoms with Crippen molar-refractivity contribution in [1.82, 2.24) is 14.5 Å². The number of nitrogens with one attached hydrogen (secondary N) is 1. The molecule has 8 nitrogen and oxygen atoms in total. The maximum atomic E-state index is 14.5. The van der Waals surface area contributed by atoms with Crippen molar-refractivity contribution in [2.75, 3.05) is 25.5 Å². The zero-order valence-electron chi connectivity index (χ0n) is 19.1. The van der Waals surface area contributed by atoms with Gasteiger partial charge in [0.25, 0.3) is 11.5 Å². The summed E-state index contributed by atoms with van der Waals surface area (Å²) >= 11 is 5.98. The summed E-state index contributed by atoms with van der Waals surface area (Å²) in [6.07, 6.45) is 1.21. The molecule has 3 aromatic rings. The number of anilines is 2. The van der Waals surface area contributed by atoms with Gasteiger partial charge in [0, 0.05) is 36.6 Å². The van der Waals surface area contributed by atoms with Gasteiger partial charge in [0.2, 0.25) is 5.95 Å². The molecule has 2 aromatic carbocycles. The molecule has 0 aliphatic heterocycles. The number of aliphatic hydroxyl groups is 1. The standard InChI is InChI=1S/C24H26ClFN4O4/c1-15(2)34-21-9-8-18(12-20(21)26)27-24-28-22(32)19(23(33)29(3)10-11-31)14-30(24)13-16-4-6-17(25)7-5-16/h4-9,12,14-15,31H,10-11,13H2,1-3H3,(H,27,28,32). The smallest absolute Gasteiger partial charge is 0.287 e. The summed E-state index contributed by atoms with van der Waals surface area (Å²) in [5.74, 6) is -0.898. The van der Waals surface area contributed by atoms with Gasteiger partial charge in [0.05, 0.1) is 19.3 Å². The first-order chi connectivity index (χ1) is 16.2. The van der Waals surface area contributed by atoms with Crippen LogP contribution in [-0.4, -0.2) is 51.8 Å². The van der Waals surface area contributed by atoms with Crippen LogP contribution >= 0.6 is 11.6 Å². The molecule has 0 fully saturated rings. The van der Waals surface area contributed by atoms with E-state index in [1.807, 2.05) is 0 Å². The molecule has 0 saturated heterocycles. The molecule has 3 rings (SSSR count). The highest BCUT2D eigenvalue weighted by molar-refractivity contribution is 6.30. The molecule has 0 aliphatic rings. The summed E-state index contributed by atoms with van der Waals surface area (Å²) < 4.78 is 21.5. The molecular weight excluding hydrogens is 463 g/mol. The predicted octanol–water partition coefficient (Wildman–Crippen LogP) is 3.68. The Balaban J connectivity index is 2.00. The largest absolute Gasteiger partial charge is 0.488 e. The lowest BCUT2D eigenvalue weighted by molar-refractivity contribution is 0.0764. The number of benzene rings is 2. The molecule has 0 radical (unpaired) electrons. The molecule has 0 aliphatic carbocycles. The number of carbonyl (C=O) groups is 1. The average Bonchev–Trinajstić information content (AvgIpc) is 2.78. The van der Waals surface area contributed by atoms with E-state index in [1.165, 1.54) is 30.3 Å². The molecule has 10 heteroatoms. The molecular formula is C24H26ClFN4O4. The number of aromatic nitrogens is 2. The van der Waals surface area contributed by atoms with Crippen LogP contribution in [0.5, 0.6) is 5.75 Å². The van der Waals surface area contributed by atoms with E-state index in [0.717, 1.165) is 5.56 Å². The van der Waals surface area contributed by atoms with Crippen molar-refractivity contribution in [3.8, 4) is 5.75 Å². The number of hydrogen-bond donors (Lipinski definition) is 2. The maximum Gasteiger partial charge on any atom is 0.287 e. The number of nitrogens with zero attached hydrogens (tertiary/aromatic N) is 3. The van der Waals surface area contributed by atoms with Gasteiger partial charge in [0.1, 0.15) is 5.56 Å². The Morgan fingerprint density at radius 2 is 1.97 bits per heavy atom. The minimum absolute atomic E-state index is 0.0690. The maximum absolute atomic E-state index is 14.5. The monoisotopic (exact) mass is 488 g/mol. The summed E-state index contributed by atoms with van der Waals surface area (Å²) in [7, 11) is 1.48. The van der Waals surface area contributed by atoms with E-state index in [4.69, 9.17) is 21.4 Å². The zero-order chi connectivity index (χ0) is 24.8. The lowest BCUT2D eigenvalue weighted by Gasteiger charge is -2.19. The molecule has 1 heterocycles. The first-order valence-corrected chi connectivity index (χ1v) is 11.0. The summed E-state index contributed by atoms with van der Waals surface area (Å²) in [6.45, 7) is 3.68. The molecule has 1 aromatic heterocycles. The third-order valence-electron chi connectivity index (χ3n) is 4.82. The van der Waals surface area contributed by atoms with E-state index in [1.54, 1.807) is 48.7 Å². The van der Waals surface area contributed by atoms with Gasteiger partial charge in [-0.3, -0.25) is 9.59 Å². The second kappa shape index (κ2) is 11.1. The lowest BCUT2D eigenvalue weighted by Crippen LogP contribution is -2.35. The normalized spacial score (nSPS) is 10.9. The Morgan fingerprint density at radius 3 is 2.59 bits per heavy atom. The summed E-state index contributed by atoms with van der Waals surface area (Å²) in [5.41, 5.74) is 0.293. The van der Waals surface area contributed by atoms with E-state index in [2.05, 4.69) is 10.3 Å². The number of halogens is 2. The molecule has 0 bridgehead atoms. The Bertz CT molecular complexity index is 1210. The number of likely N-dealkylation sites (N-methyl/N-ethyl adjacent to an activating group) is 1. The number of rotatable bonds is 9. The van der Waals surface area contributed by atoms with Crippen LogP contribution in [0.4, 0.5) is 16.0 Å². The van der Waals surface area contributed by atoms with E-state index in [0.29, 0.717) is 10.7 Å². The quantitative estimate of drug-likeness (QED) is 0.477. The molecule has 1 amide bonds. The fraction of sp³-hybridized carbons (Fsp3) is 0.292. The van der Waals surface area contributed by atoms with Crippen LogP contribution in [0.1, 0.15) is 29.8 Å². The summed E-state index contributed by atoms with van der Waals surface area (Å²) in [6, 6.07) is 11.4. The molecule has 2 N–H and O–H groups in total. The number of aliphatic hydroxyl groups excluding tert-OH is 1. The van der Waals surface area contributed by atoms with Crippen molar-refractivity contribution < 1.29 is 19.0 Å². The van der Waals surface area contributed by atoms with Crippen LogP contribution in [0.2, 0.25) is 5.02 Å². The van der Waals surface area contributed by atoms with E-state index < -0.39 is 17.3 Å². The van der Waals surface area contributed by atoms with Crippen LogP contribution in [-0.2, 0) is 6.54 Å². The number of carbonyl (C=O) groups excluding carboxylic acids is 1. The van der Waals surface area contributed by atoms with Crippen LogP contribution in [0, 0.1) is 5.82 Å². The second-order valence-corrected chi connectivity index (χ2v) is 8.36. The van der Waals surface area contributed by atoms with Gasteiger partial charge in [-0.2, -0.15) is 4.98 Å². The van der Waals surface area contributed by atoms with Gasteiger partial charge in [-0.1, -0.05) is 23.7 Å². The predicted molar refractivity (Wildman–Crippen MR) is 129 cm³/mol. The van der Waals surface area contributed by atoms with Crippen molar-refractivity contribution in [1.29, 1.82) is 0 Å². The summed E-state index contributed by atoms with van der Waals surface area (Å²) in [4.78, 5) is 30.7. The van der Waals surface area contributed by atoms with E-state index in [9.17, 15) is 14.0 Å². The highest BCUT2D eigenvalue weighted by atomic mass is 35.5. The topological polar surface area (TPSA) is 96.7 Å². The lowest BCUT2D eigenvalue weighted by atomic mass is 10.2. The van der Waals surface area contributed by atoms with Gasteiger partial charge in [-0.15, -0.1) is 0 Å². The summed E-state index contributed by atoms with van der Waals surface area (Å²) in [5, 5.41) is 12.6. The van der Waals surface area contributed by atoms with Gasteiger partial charge in [-0.25, -0.2) is 4.39 Å². The number of amides is 1. The van der Waals surface area contributed by atoms with Crippen molar-refractivity contribution in [2.45, 2.75) is 26.5 Å². The Labute approximate surface area is 201 Å². The SMILES string of the molecule is CC(C)Oc1ccc(Nc2nc(=O)c(C(=O)N(C)CCO)cn2Cc2ccc(Cl)cc2)cc1F. The average molecular weight is 489 g/mol. The van der Waals surface area contributed by atoms with Gasteiger partial charge in [0.15, 0.2) is 11.6 Å². The third-order valence-corrected chi connectivity index (χ3v) is 5.08. The molecule has 0 unspecified atom stereocenters. The second-order valence-electron chi connectivity index (χ2n) is 7.92. The number of ether oxygens (including phenoxy) is 1. The molecule has 34 heavy (non-hydrogen) atoms. The molecule has 0 spiro atoms. The minimum Gasteiger partial charge on any atom is -0.488 e. The highest BCUT2D eigenvalue weighted by Crippen LogP contribution is 2.24. The highest BCUT2D eigenvalue weighted by Gasteiger charge is 2.19. The molecule has 0 saturated carbocycles. The fourth-order valence-electron chi connectivity index (χ4n) is 3.16. The van der Waals surface area contributed by atoms with Gasteiger partial charge >= 0.3 is 0 Å².